The first kappa shape index (κ1) is 10.6. The Balaban J connectivity index is 2.45. The third-order valence-corrected chi connectivity index (χ3v) is 2.59. The van der Waals surface area contributed by atoms with Crippen molar-refractivity contribution < 1.29 is 14.3 Å². The lowest BCUT2D eigenvalue weighted by Gasteiger charge is -2.33. The molecule has 0 aromatic heterocycles. The zero-order valence-corrected chi connectivity index (χ0v) is 8.67. The first-order valence-corrected chi connectivity index (χ1v) is 5.04. The molecule has 0 N–H and O–H groups in total. The highest BCUT2D eigenvalue weighted by Gasteiger charge is 2.25. The molecule has 0 aromatic rings. The summed E-state index contributed by atoms with van der Waals surface area (Å²) in [6.07, 6.45) is 0. The maximum atomic E-state index is 11.6. The molecule has 1 aliphatic rings. The number of hydrogen-bond donors (Lipinski definition) is 0. The van der Waals surface area contributed by atoms with Gasteiger partial charge in [0.1, 0.15) is 13.5 Å². The highest BCUT2D eigenvalue weighted by molar-refractivity contribution is 7.99. The fraction of sp³-hybridized carbons (Fsp3) is 0.857. The van der Waals surface area contributed by atoms with Crippen molar-refractivity contribution in [2.45, 2.75) is 0 Å². The van der Waals surface area contributed by atoms with Crippen molar-refractivity contribution in [2.24, 2.45) is 0 Å². The van der Waals surface area contributed by atoms with E-state index in [4.69, 9.17) is 9.47 Å². The molecule has 0 unspecified atom stereocenters. The standard InChI is InChI=1S/C7H14N2O3S/c1-11-3-8-5-13-6-9(4-12-2)7(8)10/h3-6H2,1-2H3. The van der Waals surface area contributed by atoms with Gasteiger partial charge in [-0.3, -0.25) is 9.80 Å². The molecule has 2 amide bonds. The predicted octanol–water partition coefficient (Wildman–Crippen LogP) is 0.580. The smallest absolute Gasteiger partial charge is 0.325 e. The zero-order valence-electron chi connectivity index (χ0n) is 7.86. The van der Waals surface area contributed by atoms with Crippen LogP contribution in [0.4, 0.5) is 4.79 Å². The van der Waals surface area contributed by atoms with Crippen molar-refractivity contribution >= 4 is 17.8 Å². The molecule has 1 fully saturated rings. The Hall–Kier alpha value is -0.460. The number of nitrogens with zero attached hydrogens (tertiary/aromatic N) is 2. The van der Waals surface area contributed by atoms with Crippen LogP contribution < -0.4 is 0 Å². The Bertz CT molecular complexity index is 159. The second kappa shape index (κ2) is 5.31. The van der Waals surface area contributed by atoms with E-state index in [1.165, 1.54) is 0 Å². The zero-order chi connectivity index (χ0) is 9.68. The molecule has 0 aliphatic carbocycles. The molecular formula is C7H14N2O3S. The summed E-state index contributed by atoms with van der Waals surface area (Å²) in [4.78, 5) is 14.8. The lowest BCUT2D eigenvalue weighted by Crippen LogP contribution is -2.48. The molecule has 0 atom stereocenters. The number of rotatable bonds is 4. The van der Waals surface area contributed by atoms with E-state index in [0.29, 0.717) is 25.2 Å². The minimum Gasteiger partial charge on any atom is -0.364 e. The number of urea groups is 1. The minimum atomic E-state index is -0.0255. The Morgan fingerprint density at radius 1 is 1.23 bits per heavy atom. The number of carbonyl (C=O) groups excluding carboxylic acids is 1. The molecule has 0 aromatic carbocycles. The largest absolute Gasteiger partial charge is 0.364 e. The quantitative estimate of drug-likeness (QED) is 0.674. The Morgan fingerprint density at radius 3 is 2.08 bits per heavy atom. The van der Waals surface area contributed by atoms with Gasteiger partial charge >= 0.3 is 6.03 Å². The Morgan fingerprint density at radius 2 is 1.69 bits per heavy atom. The average molecular weight is 206 g/mol. The maximum Gasteiger partial charge on any atom is 0.325 e. The SMILES string of the molecule is COCN1CSCN(COC)C1=O. The van der Waals surface area contributed by atoms with Crippen molar-refractivity contribution in [1.29, 1.82) is 0 Å². The summed E-state index contributed by atoms with van der Waals surface area (Å²) in [5, 5.41) is 0. The van der Waals surface area contributed by atoms with Gasteiger partial charge in [0.15, 0.2) is 0 Å². The van der Waals surface area contributed by atoms with Gasteiger partial charge in [-0.1, -0.05) is 0 Å². The first-order valence-electron chi connectivity index (χ1n) is 3.89. The third-order valence-electron chi connectivity index (χ3n) is 1.61. The van der Waals surface area contributed by atoms with Crippen LogP contribution in [-0.2, 0) is 9.47 Å². The van der Waals surface area contributed by atoms with Gasteiger partial charge in [0.2, 0.25) is 0 Å². The molecular weight excluding hydrogens is 192 g/mol. The van der Waals surface area contributed by atoms with E-state index in [0.717, 1.165) is 0 Å². The fourth-order valence-corrected chi connectivity index (χ4v) is 1.96. The molecule has 5 nitrogen and oxygen atoms in total. The highest BCUT2D eigenvalue weighted by Crippen LogP contribution is 2.16. The number of hydrogen-bond acceptors (Lipinski definition) is 4. The van der Waals surface area contributed by atoms with Gasteiger partial charge < -0.3 is 9.47 Å². The van der Waals surface area contributed by atoms with Crippen LogP contribution in [0.2, 0.25) is 0 Å². The van der Waals surface area contributed by atoms with E-state index in [9.17, 15) is 4.79 Å². The van der Waals surface area contributed by atoms with Crippen LogP contribution in [0.5, 0.6) is 0 Å². The van der Waals surface area contributed by atoms with E-state index in [-0.39, 0.29) is 6.03 Å². The molecule has 0 saturated carbocycles. The topological polar surface area (TPSA) is 42.0 Å². The van der Waals surface area contributed by atoms with Crippen molar-refractivity contribution in [2.75, 3.05) is 39.4 Å². The Labute approximate surface area is 82.0 Å². The second-order valence-corrected chi connectivity index (χ2v) is 3.58. The molecule has 1 saturated heterocycles. The second-order valence-electron chi connectivity index (χ2n) is 2.66. The number of methoxy groups -OCH3 is 2. The van der Waals surface area contributed by atoms with Crippen LogP contribution in [0.25, 0.3) is 0 Å². The molecule has 1 heterocycles. The molecule has 6 heteroatoms. The van der Waals surface area contributed by atoms with E-state index in [1.54, 1.807) is 35.8 Å². The number of amides is 2. The predicted molar refractivity (Wildman–Crippen MR) is 50.2 cm³/mol. The summed E-state index contributed by atoms with van der Waals surface area (Å²) in [5.41, 5.74) is 0. The van der Waals surface area contributed by atoms with Gasteiger partial charge in [-0.15, -0.1) is 11.8 Å². The Kier molecular flexibility index (Phi) is 4.34. The lowest BCUT2D eigenvalue weighted by atomic mass is 10.7. The fourth-order valence-electron chi connectivity index (χ4n) is 1.07. The minimum absolute atomic E-state index is 0.0255. The molecule has 0 radical (unpaired) electrons. The average Bonchev–Trinajstić information content (AvgIpc) is 2.13. The summed E-state index contributed by atoms with van der Waals surface area (Å²) < 4.78 is 9.80. The number of ether oxygens (including phenoxy) is 2. The van der Waals surface area contributed by atoms with Crippen LogP contribution in [-0.4, -0.2) is 55.3 Å². The van der Waals surface area contributed by atoms with Crippen LogP contribution in [0.3, 0.4) is 0 Å². The van der Waals surface area contributed by atoms with Crippen LogP contribution in [0.15, 0.2) is 0 Å². The van der Waals surface area contributed by atoms with Crippen molar-refractivity contribution in [3.8, 4) is 0 Å². The van der Waals surface area contributed by atoms with Crippen molar-refractivity contribution in [1.82, 2.24) is 9.80 Å². The molecule has 0 bridgehead atoms. The molecule has 1 rings (SSSR count). The van der Waals surface area contributed by atoms with Gasteiger partial charge in [0.05, 0.1) is 11.8 Å². The van der Waals surface area contributed by atoms with E-state index >= 15 is 0 Å². The van der Waals surface area contributed by atoms with Crippen molar-refractivity contribution in [3.05, 3.63) is 0 Å². The van der Waals surface area contributed by atoms with E-state index in [2.05, 4.69) is 0 Å². The number of carbonyl (C=O) groups is 1. The summed E-state index contributed by atoms with van der Waals surface area (Å²) in [6.45, 7) is 0.679. The maximum absolute atomic E-state index is 11.6. The molecule has 1 aliphatic heterocycles. The van der Waals surface area contributed by atoms with E-state index < -0.39 is 0 Å². The van der Waals surface area contributed by atoms with Gasteiger partial charge in [-0.25, -0.2) is 4.79 Å². The van der Waals surface area contributed by atoms with Crippen LogP contribution in [0.1, 0.15) is 0 Å². The van der Waals surface area contributed by atoms with Crippen LogP contribution >= 0.6 is 11.8 Å². The van der Waals surface area contributed by atoms with Gasteiger partial charge in [-0.2, -0.15) is 0 Å². The summed E-state index contributed by atoms with van der Waals surface area (Å²) in [5.74, 6) is 1.37. The van der Waals surface area contributed by atoms with Gasteiger partial charge in [0, 0.05) is 14.2 Å². The normalized spacial score (nSPS) is 18.2. The third kappa shape index (κ3) is 2.75. The van der Waals surface area contributed by atoms with Gasteiger partial charge in [-0.05, 0) is 0 Å². The monoisotopic (exact) mass is 206 g/mol. The molecule has 76 valence electrons. The van der Waals surface area contributed by atoms with Gasteiger partial charge in [0.25, 0.3) is 0 Å². The van der Waals surface area contributed by atoms with E-state index in [1.807, 2.05) is 0 Å². The lowest BCUT2D eigenvalue weighted by molar-refractivity contribution is 0.0445. The summed E-state index contributed by atoms with van der Waals surface area (Å²) in [7, 11) is 3.15. The highest BCUT2D eigenvalue weighted by atomic mass is 32.2. The molecule has 0 spiro atoms. The number of thioether (sulfide) groups is 1. The molecule has 13 heavy (non-hydrogen) atoms. The van der Waals surface area contributed by atoms with Crippen molar-refractivity contribution in [3.63, 3.8) is 0 Å². The summed E-state index contributed by atoms with van der Waals surface area (Å²) in [6, 6.07) is -0.0255. The summed E-state index contributed by atoms with van der Waals surface area (Å²) >= 11 is 1.67. The first-order chi connectivity index (χ1) is 6.29. The van der Waals surface area contributed by atoms with Crippen LogP contribution in [0, 0.1) is 0 Å².